The smallest absolute Gasteiger partial charge is 0.197 e. The molecular weight excluding hydrogens is 316 g/mol. The van der Waals surface area contributed by atoms with Crippen LogP contribution in [0.4, 0.5) is 0 Å². The Morgan fingerprint density at radius 2 is 1.76 bits per heavy atom. The number of carbonyl (C=O) groups excluding carboxylic acids is 2. The van der Waals surface area contributed by atoms with Gasteiger partial charge in [-0.05, 0) is 67.8 Å². The Labute approximate surface area is 149 Å². The molecule has 0 aromatic carbocycles. The maximum Gasteiger partial charge on any atom is 0.197 e. The van der Waals surface area contributed by atoms with E-state index in [2.05, 4.69) is 13.8 Å². The predicted molar refractivity (Wildman–Crippen MR) is 94.0 cm³/mol. The lowest BCUT2D eigenvalue weighted by Gasteiger charge is -2.57. The number of aliphatic hydroxyl groups is 2. The number of hydrogen-bond donors (Lipinski definition) is 2. The molecule has 0 amide bonds. The van der Waals surface area contributed by atoms with Crippen LogP contribution in [0.3, 0.4) is 0 Å². The van der Waals surface area contributed by atoms with E-state index in [1.54, 1.807) is 6.92 Å². The van der Waals surface area contributed by atoms with E-state index in [4.69, 9.17) is 0 Å². The molecule has 4 aliphatic rings. The molecule has 0 spiro atoms. The number of allylic oxidation sites excluding steroid dienone is 4. The highest BCUT2D eigenvalue weighted by atomic mass is 16.3. The first-order valence-corrected chi connectivity index (χ1v) is 9.59. The van der Waals surface area contributed by atoms with Crippen molar-refractivity contribution in [2.75, 3.05) is 0 Å². The molecule has 2 N–H and O–H groups in total. The van der Waals surface area contributed by atoms with Gasteiger partial charge in [-0.2, -0.15) is 0 Å². The van der Waals surface area contributed by atoms with E-state index < -0.39 is 0 Å². The van der Waals surface area contributed by atoms with Crippen LogP contribution >= 0.6 is 0 Å². The molecule has 136 valence electrons. The summed E-state index contributed by atoms with van der Waals surface area (Å²) >= 11 is 0. The Hall–Kier alpha value is -1.58. The number of fused-ring (bicyclic) bond motifs is 5. The normalized spacial score (nSPS) is 43.6. The summed E-state index contributed by atoms with van der Waals surface area (Å²) in [5.74, 6) is 1.38. The largest absolute Gasteiger partial charge is 0.512 e. The summed E-state index contributed by atoms with van der Waals surface area (Å²) in [7, 11) is 0. The Morgan fingerprint density at radius 3 is 2.44 bits per heavy atom. The van der Waals surface area contributed by atoms with Gasteiger partial charge in [-0.25, -0.2) is 0 Å². The molecule has 4 nitrogen and oxygen atoms in total. The standard InChI is InChI=1S/C21H28O4/c1-11(22)18-17(24)10-15-12-4-5-14-19(25)16(23)7-9-20(14,2)13(12)6-8-21(15,18)3/h12-13,15,24-25H,4-10H2,1-3H3/t12-,13+,15+,20-,21+/m1/s1. The molecule has 25 heavy (non-hydrogen) atoms. The SMILES string of the molecule is CC(=O)C1=C(O)C[C@H]2[C@@H]3CCC4=C(O)C(=O)CC[C@]4(C)[C@H]3CC[C@]12C. The summed E-state index contributed by atoms with van der Waals surface area (Å²) < 4.78 is 0. The fourth-order valence-corrected chi connectivity index (χ4v) is 6.94. The second-order valence-corrected chi connectivity index (χ2v) is 9.12. The summed E-state index contributed by atoms with van der Waals surface area (Å²) in [6.07, 6.45) is 5.43. The zero-order valence-electron chi connectivity index (χ0n) is 15.4. The molecule has 0 aliphatic heterocycles. The van der Waals surface area contributed by atoms with Gasteiger partial charge in [0.15, 0.2) is 17.3 Å². The van der Waals surface area contributed by atoms with Crippen LogP contribution in [0, 0.1) is 28.6 Å². The third-order valence-corrected chi connectivity index (χ3v) is 8.11. The Morgan fingerprint density at radius 1 is 1.04 bits per heavy atom. The molecule has 4 aliphatic carbocycles. The summed E-state index contributed by atoms with van der Waals surface area (Å²) in [5, 5.41) is 20.8. The highest BCUT2D eigenvalue weighted by molar-refractivity contribution is 5.96. The van der Waals surface area contributed by atoms with Crippen LogP contribution in [0.15, 0.2) is 22.7 Å². The number of rotatable bonds is 1. The lowest BCUT2D eigenvalue weighted by atomic mass is 9.46. The maximum atomic E-state index is 12.2. The number of Topliss-reactive ketones (excluding diaryl/α,β-unsaturated/α-hetero) is 2. The van der Waals surface area contributed by atoms with E-state index in [0.29, 0.717) is 41.9 Å². The first-order chi connectivity index (χ1) is 11.7. The van der Waals surface area contributed by atoms with Gasteiger partial charge in [-0.3, -0.25) is 9.59 Å². The molecule has 4 heteroatoms. The highest BCUT2D eigenvalue weighted by Gasteiger charge is 2.60. The Balaban J connectivity index is 1.72. The van der Waals surface area contributed by atoms with Crippen molar-refractivity contribution in [2.24, 2.45) is 28.6 Å². The van der Waals surface area contributed by atoms with Gasteiger partial charge >= 0.3 is 0 Å². The van der Waals surface area contributed by atoms with E-state index in [-0.39, 0.29) is 28.2 Å². The van der Waals surface area contributed by atoms with Gasteiger partial charge in [0, 0.05) is 23.8 Å². The van der Waals surface area contributed by atoms with Gasteiger partial charge in [0.2, 0.25) is 0 Å². The van der Waals surface area contributed by atoms with Gasteiger partial charge < -0.3 is 10.2 Å². The van der Waals surface area contributed by atoms with Gasteiger partial charge in [0.1, 0.15) is 0 Å². The lowest BCUT2D eigenvalue weighted by Crippen LogP contribution is -2.51. The molecule has 5 atom stereocenters. The molecule has 0 heterocycles. The second-order valence-electron chi connectivity index (χ2n) is 9.12. The quantitative estimate of drug-likeness (QED) is 0.738. The number of hydrogen-bond acceptors (Lipinski definition) is 4. The molecule has 0 aromatic rings. The van der Waals surface area contributed by atoms with Crippen LogP contribution in [0.5, 0.6) is 0 Å². The fourth-order valence-electron chi connectivity index (χ4n) is 6.94. The van der Waals surface area contributed by atoms with Crippen LogP contribution < -0.4 is 0 Å². The van der Waals surface area contributed by atoms with Crippen molar-refractivity contribution in [3.8, 4) is 0 Å². The van der Waals surface area contributed by atoms with Crippen LogP contribution in [0.1, 0.15) is 65.7 Å². The summed E-state index contributed by atoms with van der Waals surface area (Å²) in [4.78, 5) is 24.1. The first-order valence-electron chi connectivity index (χ1n) is 9.59. The minimum Gasteiger partial charge on any atom is -0.512 e. The number of carbonyl (C=O) groups is 2. The van der Waals surface area contributed by atoms with Crippen molar-refractivity contribution in [3.05, 3.63) is 22.7 Å². The summed E-state index contributed by atoms with van der Waals surface area (Å²) in [6.45, 7) is 5.95. The topological polar surface area (TPSA) is 74.6 Å². The third-order valence-electron chi connectivity index (χ3n) is 8.11. The molecule has 0 bridgehead atoms. The minimum atomic E-state index is -0.221. The van der Waals surface area contributed by atoms with Crippen molar-refractivity contribution in [1.82, 2.24) is 0 Å². The van der Waals surface area contributed by atoms with Crippen molar-refractivity contribution < 1.29 is 19.8 Å². The predicted octanol–water partition coefficient (Wildman–Crippen LogP) is 4.42. The Bertz CT molecular complexity index is 730. The van der Waals surface area contributed by atoms with E-state index in [1.165, 1.54) is 0 Å². The van der Waals surface area contributed by atoms with Gasteiger partial charge in [0.25, 0.3) is 0 Å². The number of aliphatic hydroxyl groups excluding tert-OH is 2. The maximum absolute atomic E-state index is 12.2. The van der Waals surface area contributed by atoms with Crippen molar-refractivity contribution in [2.45, 2.75) is 65.7 Å². The van der Waals surface area contributed by atoms with Gasteiger partial charge in [-0.1, -0.05) is 13.8 Å². The summed E-state index contributed by atoms with van der Waals surface area (Å²) in [6, 6.07) is 0. The summed E-state index contributed by atoms with van der Waals surface area (Å²) in [5.41, 5.74) is 1.29. The van der Waals surface area contributed by atoms with E-state index in [0.717, 1.165) is 37.7 Å². The van der Waals surface area contributed by atoms with Gasteiger partial charge in [0.05, 0.1) is 5.76 Å². The molecule has 0 radical (unpaired) electrons. The van der Waals surface area contributed by atoms with Crippen LogP contribution in [0.25, 0.3) is 0 Å². The monoisotopic (exact) mass is 344 g/mol. The first kappa shape index (κ1) is 16.9. The van der Waals surface area contributed by atoms with Crippen LogP contribution in [-0.4, -0.2) is 21.8 Å². The van der Waals surface area contributed by atoms with Crippen LogP contribution in [0.2, 0.25) is 0 Å². The zero-order chi connectivity index (χ0) is 18.1. The van der Waals surface area contributed by atoms with Crippen molar-refractivity contribution in [1.29, 1.82) is 0 Å². The van der Waals surface area contributed by atoms with E-state index >= 15 is 0 Å². The average Bonchev–Trinajstić information content (AvgIpc) is 2.81. The van der Waals surface area contributed by atoms with E-state index in [1.807, 2.05) is 0 Å². The van der Waals surface area contributed by atoms with E-state index in [9.17, 15) is 19.8 Å². The molecule has 0 saturated heterocycles. The fraction of sp³-hybridized carbons (Fsp3) is 0.714. The lowest BCUT2D eigenvalue weighted by molar-refractivity contribution is -0.122. The van der Waals surface area contributed by atoms with Gasteiger partial charge in [-0.15, -0.1) is 0 Å². The molecule has 0 aromatic heterocycles. The molecule has 4 rings (SSSR count). The molecular formula is C21H28O4. The number of ketones is 2. The molecule has 2 saturated carbocycles. The van der Waals surface area contributed by atoms with Crippen molar-refractivity contribution >= 4 is 11.6 Å². The minimum absolute atomic E-state index is 0.00413. The van der Waals surface area contributed by atoms with Crippen LogP contribution in [-0.2, 0) is 9.59 Å². The van der Waals surface area contributed by atoms with Crippen molar-refractivity contribution in [3.63, 3.8) is 0 Å². The molecule has 0 unspecified atom stereocenters. The second kappa shape index (κ2) is 5.21. The third kappa shape index (κ3) is 2.06. The zero-order valence-corrected chi connectivity index (χ0v) is 15.4. The highest BCUT2D eigenvalue weighted by Crippen LogP contribution is 2.66. The molecule has 2 fully saturated rings. The Kier molecular flexibility index (Phi) is 3.52. The average molecular weight is 344 g/mol.